The van der Waals surface area contributed by atoms with Crippen LogP contribution in [0.5, 0.6) is 5.75 Å². The molecule has 0 fully saturated rings. The highest BCUT2D eigenvalue weighted by Gasteiger charge is 2.05. The average Bonchev–Trinajstić information content (AvgIpc) is 2.29. The molecule has 0 amide bonds. The Morgan fingerprint density at radius 3 is 2.73 bits per heavy atom. The molecule has 0 aliphatic heterocycles. The van der Waals surface area contributed by atoms with E-state index in [1.54, 1.807) is 7.11 Å². The van der Waals surface area contributed by atoms with Crippen LogP contribution in [0.3, 0.4) is 0 Å². The molecule has 0 N–H and O–H groups in total. The minimum Gasteiger partial charge on any atom is -0.466 e. The first-order valence-corrected chi connectivity index (χ1v) is 4.99. The first kappa shape index (κ1) is 10.3. The van der Waals surface area contributed by atoms with Crippen LogP contribution in [-0.2, 0) is 4.74 Å². The Morgan fingerprint density at radius 2 is 1.93 bits per heavy atom. The van der Waals surface area contributed by atoms with Crippen LogP contribution < -0.4 is 4.74 Å². The van der Waals surface area contributed by atoms with Gasteiger partial charge < -0.3 is 9.47 Å². The van der Waals surface area contributed by atoms with Crippen LogP contribution in [0.25, 0.3) is 10.8 Å². The summed E-state index contributed by atoms with van der Waals surface area (Å²) in [6.45, 7) is 0.206. The minimum absolute atomic E-state index is 0.206. The summed E-state index contributed by atoms with van der Waals surface area (Å²) in [5.41, 5.74) is 0. The molecule has 0 bridgehead atoms. The van der Waals surface area contributed by atoms with Crippen molar-refractivity contribution in [3.05, 3.63) is 41.4 Å². The van der Waals surface area contributed by atoms with Gasteiger partial charge in [0.15, 0.2) is 6.79 Å². The van der Waals surface area contributed by atoms with E-state index >= 15 is 0 Å². The smallest absolute Gasteiger partial charge is 0.188 e. The molecule has 78 valence electrons. The number of hydrogen-bond acceptors (Lipinski definition) is 2. The van der Waals surface area contributed by atoms with Crippen LogP contribution in [0.2, 0.25) is 5.02 Å². The number of benzene rings is 2. The zero-order valence-electron chi connectivity index (χ0n) is 8.37. The first-order chi connectivity index (χ1) is 7.33. The molecule has 0 atom stereocenters. The van der Waals surface area contributed by atoms with Gasteiger partial charge in [-0.1, -0.05) is 41.9 Å². The summed E-state index contributed by atoms with van der Waals surface area (Å²) in [6.07, 6.45) is 0. The lowest BCUT2D eigenvalue weighted by atomic mass is 10.1. The van der Waals surface area contributed by atoms with Gasteiger partial charge in [-0.25, -0.2) is 0 Å². The molecule has 0 aromatic heterocycles. The Kier molecular flexibility index (Phi) is 3.09. The Balaban J connectivity index is 2.45. The highest BCUT2D eigenvalue weighted by molar-refractivity contribution is 6.37. The van der Waals surface area contributed by atoms with Crippen molar-refractivity contribution in [3.8, 4) is 5.75 Å². The Bertz CT molecular complexity index is 468. The molecule has 15 heavy (non-hydrogen) atoms. The van der Waals surface area contributed by atoms with Crippen molar-refractivity contribution in [1.82, 2.24) is 0 Å². The van der Waals surface area contributed by atoms with Crippen molar-refractivity contribution in [2.75, 3.05) is 13.9 Å². The molecule has 3 heteroatoms. The molecular formula is C12H11ClO2. The molecule has 0 saturated carbocycles. The van der Waals surface area contributed by atoms with Gasteiger partial charge in [0, 0.05) is 12.5 Å². The maximum atomic E-state index is 6.20. The van der Waals surface area contributed by atoms with Gasteiger partial charge in [-0.2, -0.15) is 0 Å². The van der Waals surface area contributed by atoms with Crippen LogP contribution >= 0.6 is 11.6 Å². The SMILES string of the molecule is COCOc1ccc2ccccc2c1Cl. The molecule has 0 spiro atoms. The fourth-order valence-corrected chi connectivity index (χ4v) is 1.74. The van der Waals surface area contributed by atoms with Crippen molar-refractivity contribution in [2.24, 2.45) is 0 Å². The van der Waals surface area contributed by atoms with Gasteiger partial charge in [0.2, 0.25) is 0 Å². The van der Waals surface area contributed by atoms with E-state index < -0.39 is 0 Å². The maximum absolute atomic E-state index is 6.20. The Morgan fingerprint density at radius 1 is 1.13 bits per heavy atom. The van der Waals surface area contributed by atoms with Crippen LogP contribution in [-0.4, -0.2) is 13.9 Å². The van der Waals surface area contributed by atoms with E-state index in [0.717, 1.165) is 10.8 Å². The number of halogens is 1. The number of methoxy groups -OCH3 is 1. The predicted octanol–water partition coefficient (Wildman–Crippen LogP) is 3.48. The topological polar surface area (TPSA) is 18.5 Å². The largest absolute Gasteiger partial charge is 0.466 e. The number of hydrogen-bond donors (Lipinski definition) is 0. The van der Waals surface area contributed by atoms with E-state index in [-0.39, 0.29) is 6.79 Å². The van der Waals surface area contributed by atoms with Gasteiger partial charge in [0.05, 0.1) is 5.02 Å². The fourth-order valence-electron chi connectivity index (χ4n) is 1.45. The van der Waals surface area contributed by atoms with E-state index in [1.165, 1.54) is 0 Å². The lowest BCUT2D eigenvalue weighted by Crippen LogP contribution is -1.99. The van der Waals surface area contributed by atoms with Crippen molar-refractivity contribution < 1.29 is 9.47 Å². The highest BCUT2D eigenvalue weighted by atomic mass is 35.5. The van der Waals surface area contributed by atoms with E-state index in [2.05, 4.69) is 0 Å². The van der Waals surface area contributed by atoms with Gasteiger partial charge in [0.25, 0.3) is 0 Å². The van der Waals surface area contributed by atoms with Gasteiger partial charge in [-0.05, 0) is 11.5 Å². The van der Waals surface area contributed by atoms with Crippen molar-refractivity contribution >= 4 is 22.4 Å². The molecule has 2 nitrogen and oxygen atoms in total. The first-order valence-electron chi connectivity index (χ1n) is 4.62. The molecule has 0 saturated heterocycles. The van der Waals surface area contributed by atoms with Gasteiger partial charge in [0.1, 0.15) is 5.75 Å². The normalized spacial score (nSPS) is 10.5. The third-order valence-electron chi connectivity index (χ3n) is 2.16. The predicted molar refractivity (Wildman–Crippen MR) is 61.5 cm³/mol. The maximum Gasteiger partial charge on any atom is 0.188 e. The Hall–Kier alpha value is -1.25. The van der Waals surface area contributed by atoms with Crippen molar-refractivity contribution in [3.63, 3.8) is 0 Å². The van der Waals surface area contributed by atoms with E-state index in [9.17, 15) is 0 Å². The number of rotatable bonds is 3. The lowest BCUT2D eigenvalue weighted by molar-refractivity contribution is 0.0513. The summed E-state index contributed by atoms with van der Waals surface area (Å²) in [4.78, 5) is 0. The summed E-state index contributed by atoms with van der Waals surface area (Å²) >= 11 is 6.20. The number of fused-ring (bicyclic) bond motifs is 1. The molecule has 2 aromatic carbocycles. The van der Waals surface area contributed by atoms with E-state index in [0.29, 0.717) is 10.8 Å². The third kappa shape index (κ3) is 2.06. The van der Waals surface area contributed by atoms with Gasteiger partial charge >= 0.3 is 0 Å². The molecule has 0 aliphatic rings. The van der Waals surface area contributed by atoms with Crippen LogP contribution in [0.15, 0.2) is 36.4 Å². The summed E-state index contributed by atoms with van der Waals surface area (Å²) in [5.74, 6) is 0.650. The fraction of sp³-hybridized carbons (Fsp3) is 0.167. The van der Waals surface area contributed by atoms with E-state index in [1.807, 2.05) is 36.4 Å². The molecular weight excluding hydrogens is 212 g/mol. The second-order valence-electron chi connectivity index (χ2n) is 3.15. The minimum atomic E-state index is 0.206. The summed E-state index contributed by atoms with van der Waals surface area (Å²) in [5, 5.41) is 2.73. The zero-order valence-corrected chi connectivity index (χ0v) is 9.12. The van der Waals surface area contributed by atoms with Crippen LogP contribution in [0.4, 0.5) is 0 Å². The van der Waals surface area contributed by atoms with Crippen LogP contribution in [0.1, 0.15) is 0 Å². The molecule has 0 heterocycles. The molecule has 2 rings (SSSR count). The monoisotopic (exact) mass is 222 g/mol. The lowest BCUT2D eigenvalue weighted by Gasteiger charge is -2.08. The van der Waals surface area contributed by atoms with E-state index in [4.69, 9.17) is 21.1 Å². The summed E-state index contributed by atoms with van der Waals surface area (Å²) < 4.78 is 10.2. The second kappa shape index (κ2) is 4.51. The molecule has 0 radical (unpaired) electrons. The van der Waals surface area contributed by atoms with Crippen molar-refractivity contribution in [1.29, 1.82) is 0 Å². The van der Waals surface area contributed by atoms with Gasteiger partial charge in [-0.3, -0.25) is 0 Å². The third-order valence-corrected chi connectivity index (χ3v) is 2.55. The zero-order chi connectivity index (χ0) is 10.7. The van der Waals surface area contributed by atoms with Crippen LogP contribution in [0, 0.1) is 0 Å². The average molecular weight is 223 g/mol. The quantitative estimate of drug-likeness (QED) is 0.741. The summed E-state index contributed by atoms with van der Waals surface area (Å²) in [7, 11) is 1.58. The second-order valence-corrected chi connectivity index (χ2v) is 3.53. The number of ether oxygens (including phenoxy) is 2. The molecule has 0 unspecified atom stereocenters. The molecule has 2 aromatic rings. The summed E-state index contributed by atoms with van der Waals surface area (Å²) in [6, 6.07) is 11.7. The Labute approximate surface area is 93.4 Å². The van der Waals surface area contributed by atoms with Crippen molar-refractivity contribution in [2.45, 2.75) is 0 Å². The highest BCUT2D eigenvalue weighted by Crippen LogP contribution is 2.32. The standard InChI is InChI=1S/C12H11ClO2/c1-14-8-15-11-7-6-9-4-2-3-5-10(9)12(11)13/h2-7H,8H2,1H3. The molecule has 0 aliphatic carbocycles. The van der Waals surface area contributed by atoms with Gasteiger partial charge in [-0.15, -0.1) is 0 Å².